The van der Waals surface area contributed by atoms with Crippen molar-refractivity contribution in [2.75, 3.05) is 26.2 Å². The highest BCUT2D eigenvalue weighted by Gasteiger charge is 2.35. The van der Waals surface area contributed by atoms with Gasteiger partial charge in [0.05, 0.1) is 0 Å². The molecule has 2 unspecified atom stereocenters. The zero-order chi connectivity index (χ0) is 12.8. The van der Waals surface area contributed by atoms with Crippen LogP contribution < -0.4 is 0 Å². The number of nitrogens with one attached hydrogen (secondary N) is 1. The summed E-state index contributed by atoms with van der Waals surface area (Å²) >= 11 is 0. The van der Waals surface area contributed by atoms with Gasteiger partial charge in [-0.05, 0) is 30.7 Å². The van der Waals surface area contributed by atoms with Crippen molar-refractivity contribution < 1.29 is 4.79 Å². The Bertz CT molecular complexity index is 633. The third-order valence-electron chi connectivity index (χ3n) is 4.41. The Kier molecular flexibility index (Phi) is 2.38. The number of nitrogens with zero attached hydrogens (tertiary/aromatic N) is 2. The Balaban J connectivity index is 1.65. The van der Waals surface area contributed by atoms with E-state index >= 15 is 0 Å². The van der Waals surface area contributed by atoms with Crippen LogP contribution in [0.3, 0.4) is 0 Å². The maximum atomic E-state index is 12.7. The number of carbonyl (C=O) groups excluding carboxylic acids is 1. The van der Waals surface area contributed by atoms with E-state index in [4.69, 9.17) is 0 Å². The Labute approximate surface area is 112 Å². The molecule has 0 spiro atoms. The molecule has 2 atom stereocenters. The normalized spacial score (nSPS) is 26.0. The summed E-state index contributed by atoms with van der Waals surface area (Å²) in [6, 6.07) is 8.36. The summed E-state index contributed by atoms with van der Waals surface area (Å²) in [7, 11) is 0. The minimum absolute atomic E-state index is 0.189. The average molecular weight is 255 g/mol. The minimum atomic E-state index is 0.189. The van der Waals surface area contributed by atoms with Crippen molar-refractivity contribution in [2.24, 2.45) is 0 Å². The molecule has 2 aromatic rings. The molecular weight excluding hydrogens is 238 g/mol. The molecule has 2 bridgehead atoms. The summed E-state index contributed by atoms with van der Waals surface area (Å²) in [5.74, 6) is 0.189. The highest BCUT2D eigenvalue weighted by molar-refractivity contribution is 5.98. The number of fused-ring (bicyclic) bond motifs is 3. The fourth-order valence-corrected chi connectivity index (χ4v) is 3.32. The smallest absolute Gasteiger partial charge is 0.254 e. The third kappa shape index (κ3) is 1.75. The van der Waals surface area contributed by atoms with Gasteiger partial charge in [-0.15, -0.1) is 0 Å². The van der Waals surface area contributed by atoms with Crippen molar-refractivity contribution in [3.8, 4) is 0 Å². The van der Waals surface area contributed by atoms with Gasteiger partial charge in [0.2, 0.25) is 0 Å². The van der Waals surface area contributed by atoms with Crippen LogP contribution in [0, 0.1) is 0 Å². The van der Waals surface area contributed by atoms with E-state index in [0.717, 1.165) is 49.1 Å². The number of aromatic nitrogens is 1. The van der Waals surface area contributed by atoms with Crippen LogP contribution in [-0.4, -0.2) is 52.9 Å². The third-order valence-corrected chi connectivity index (χ3v) is 4.41. The van der Waals surface area contributed by atoms with Crippen LogP contribution in [0.1, 0.15) is 16.8 Å². The van der Waals surface area contributed by atoms with Crippen molar-refractivity contribution in [3.05, 3.63) is 36.0 Å². The molecule has 1 amide bonds. The number of amides is 1. The molecule has 1 aromatic carbocycles. The number of benzene rings is 1. The molecule has 0 radical (unpaired) electrons. The first kappa shape index (κ1) is 11.1. The number of hydrogen-bond acceptors (Lipinski definition) is 2. The van der Waals surface area contributed by atoms with E-state index in [0.29, 0.717) is 6.04 Å². The Hall–Kier alpha value is -1.81. The Morgan fingerprint density at radius 1 is 1.21 bits per heavy atom. The molecule has 1 aromatic heterocycles. The second kappa shape index (κ2) is 4.10. The highest BCUT2D eigenvalue weighted by Crippen LogP contribution is 2.23. The molecular formula is C15H17N3O. The van der Waals surface area contributed by atoms with Gasteiger partial charge in [0.25, 0.3) is 5.91 Å². The quantitative estimate of drug-likeness (QED) is 0.842. The van der Waals surface area contributed by atoms with E-state index < -0.39 is 0 Å². The van der Waals surface area contributed by atoms with E-state index in [-0.39, 0.29) is 5.91 Å². The van der Waals surface area contributed by atoms with Crippen LogP contribution in [0.25, 0.3) is 10.9 Å². The van der Waals surface area contributed by atoms with Gasteiger partial charge in [-0.3, -0.25) is 9.69 Å². The van der Waals surface area contributed by atoms with E-state index in [1.165, 1.54) is 0 Å². The van der Waals surface area contributed by atoms with Crippen LogP contribution in [0.2, 0.25) is 0 Å². The predicted octanol–water partition coefficient (Wildman–Crippen LogP) is 1.70. The zero-order valence-electron chi connectivity index (χ0n) is 10.8. The molecule has 98 valence electrons. The lowest BCUT2D eigenvalue weighted by Crippen LogP contribution is -2.49. The van der Waals surface area contributed by atoms with Gasteiger partial charge in [0.1, 0.15) is 0 Å². The van der Waals surface area contributed by atoms with Crippen LogP contribution in [-0.2, 0) is 0 Å². The van der Waals surface area contributed by atoms with Gasteiger partial charge in [0.15, 0.2) is 0 Å². The SMILES string of the molecule is O=C(c1ccc2[nH]ccc2c1)N1CCN2CCC1C2. The van der Waals surface area contributed by atoms with Crippen LogP contribution in [0.4, 0.5) is 0 Å². The topological polar surface area (TPSA) is 39.3 Å². The Morgan fingerprint density at radius 3 is 3.11 bits per heavy atom. The van der Waals surface area contributed by atoms with Gasteiger partial charge < -0.3 is 9.88 Å². The lowest BCUT2D eigenvalue weighted by Gasteiger charge is -2.34. The second-order valence-corrected chi connectivity index (χ2v) is 5.52. The summed E-state index contributed by atoms with van der Waals surface area (Å²) < 4.78 is 0. The molecule has 2 saturated heterocycles. The maximum absolute atomic E-state index is 12.7. The average Bonchev–Trinajstić information content (AvgIpc) is 3.04. The van der Waals surface area contributed by atoms with Crippen molar-refractivity contribution in [3.63, 3.8) is 0 Å². The molecule has 1 N–H and O–H groups in total. The molecule has 2 aliphatic heterocycles. The first-order valence-electron chi connectivity index (χ1n) is 6.92. The lowest BCUT2D eigenvalue weighted by molar-refractivity contribution is 0.0609. The molecule has 4 rings (SSSR count). The van der Waals surface area contributed by atoms with Gasteiger partial charge in [-0.25, -0.2) is 0 Å². The number of H-pyrrole nitrogens is 1. The lowest BCUT2D eigenvalue weighted by atomic mass is 10.1. The molecule has 4 nitrogen and oxygen atoms in total. The first-order valence-corrected chi connectivity index (χ1v) is 6.92. The fraction of sp³-hybridized carbons (Fsp3) is 0.400. The second-order valence-electron chi connectivity index (χ2n) is 5.52. The molecule has 0 aliphatic carbocycles. The minimum Gasteiger partial charge on any atom is -0.361 e. The number of carbonyl (C=O) groups is 1. The summed E-state index contributed by atoms with van der Waals surface area (Å²) in [4.78, 5) is 20.3. The number of hydrogen-bond donors (Lipinski definition) is 1. The molecule has 2 aliphatic rings. The van der Waals surface area contributed by atoms with Crippen molar-refractivity contribution >= 4 is 16.8 Å². The number of aromatic amines is 1. The molecule has 19 heavy (non-hydrogen) atoms. The Morgan fingerprint density at radius 2 is 2.16 bits per heavy atom. The fourth-order valence-electron chi connectivity index (χ4n) is 3.32. The molecule has 3 heterocycles. The van der Waals surface area contributed by atoms with Crippen molar-refractivity contribution in [2.45, 2.75) is 12.5 Å². The van der Waals surface area contributed by atoms with Crippen LogP contribution in [0.15, 0.2) is 30.5 Å². The molecule has 2 fully saturated rings. The van der Waals surface area contributed by atoms with Crippen molar-refractivity contribution in [1.82, 2.24) is 14.8 Å². The first-order chi connectivity index (χ1) is 9.31. The molecule has 0 saturated carbocycles. The van der Waals surface area contributed by atoms with Crippen LogP contribution in [0.5, 0.6) is 0 Å². The summed E-state index contributed by atoms with van der Waals surface area (Å²) in [5.41, 5.74) is 1.90. The van der Waals surface area contributed by atoms with Gasteiger partial charge in [-0.2, -0.15) is 0 Å². The predicted molar refractivity (Wildman–Crippen MR) is 74.2 cm³/mol. The van der Waals surface area contributed by atoms with E-state index in [2.05, 4.69) is 14.8 Å². The van der Waals surface area contributed by atoms with Gasteiger partial charge in [-0.1, -0.05) is 0 Å². The van der Waals surface area contributed by atoms with Crippen LogP contribution >= 0.6 is 0 Å². The number of piperazine rings is 1. The largest absolute Gasteiger partial charge is 0.361 e. The van der Waals surface area contributed by atoms with Gasteiger partial charge >= 0.3 is 0 Å². The van der Waals surface area contributed by atoms with Gasteiger partial charge in [0, 0.05) is 54.9 Å². The number of rotatable bonds is 1. The van der Waals surface area contributed by atoms with E-state index in [1.54, 1.807) is 0 Å². The monoisotopic (exact) mass is 255 g/mol. The summed E-state index contributed by atoms with van der Waals surface area (Å²) in [5, 5.41) is 1.11. The standard InChI is InChI=1S/C15H17N3O/c19-15(18-8-7-17-6-4-13(18)10-17)12-1-2-14-11(9-12)3-5-16-14/h1-3,5,9,13,16H,4,6-8,10H2. The highest BCUT2D eigenvalue weighted by atomic mass is 16.2. The maximum Gasteiger partial charge on any atom is 0.254 e. The molecule has 4 heteroatoms. The van der Waals surface area contributed by atoms with E-state index in [9.17, 15) is 4.79 Å². The summed E-state index contributed by atoms with van der Waals surface area (Å²) in [6.45, 7) is 4.09. The van der Waals surface area contributed by atoms with Crippen molar-refractivity contribution in [1.29, 1.82) is 0 Å². The van der Waals surface area contributed by atoms with E-state index in [1.807, 2.05) is 30.5 Å². The summed E-state index contributed by atoms with van der Waals surface area (Å²) in [6.07, 6.45) is 3.03. The zero-order valence-corrected chi connectivity index (χ0v) is 10.8.